The Morgan fingerprint density at radius 2 is 2.00 bits per heavy atom. The highest BCUT2D eigenvalue weighted by molar-refractivity contribution is 7.89. The van der Waals surface area contributed by atoms with Crippen LogP contribution in [0.5, 0.6) is 0 Å². The van der Waals surface area contributed by atoms with Crippen molar-refractivity contribution in [1.82, 2.24) is 19.6 Å². The molecule has 0 radical (unpaired) electrons. The predicted molar refractivity (Wildman–Crippen MR) is 119 cm³/mol. The topological polar surface area (TPSA) is 100 Å². The zero-order chi connectivity index (χ0) is 22.1. The molecule has 1 aliphatic heterocycles. The number of ether oxygens (including phenoxy) is 1. The van der Waals surface area contributed by atoms with Crippen LogP contribution in [0.1, 0.15) is 5.89 Å². The van der Waals surface area contributed by atoms with Crippen LogP contribution in [-0.2, 0) is 21.3 Å². The van der Waals surface area contributed by atoms with E-state index in [9.17, 15) is 12.8 Å². The summed E-state index contributed by atoms with van der Waals surface area (Å²) in [5.41, 5.74) is 3.72. The Morgan fingerprint density at radius 1 is 1.16 bits per heavy atom. The van der Waals surface area contributed by atoms with Gasteiger partial charge in [0.2, 0.25) is 15.9 Å². The first-order chi connectivity index (χ1) is 15.5. The quantitative estimate of drug-likeness (QED) is 0.442. The van der Waals surface area contributed by atoms with Gasteiger partial charge in [-0.05, 0) is 35.9 Å². The van der Waals surface area contributed by atoms with Crippen molar-refractivity contribution in [2.24, 2.45) is 0 Å². The van der Waals surface area contributed by atoms with E-state index in [0.29, 0.717) is 42.3 Å². The molecular formula is C22H23FN4O4S. The molecule has 2 N–H and O–H groups in total. The van der Waals surface area contributed by atoms with Gasteiger partial charge in [0.05, 0.1) is 25.5 Å². The van der Waals surface area contributed by atoms with Crippen LogP contribution in [0, 0.1) is 5.82 Å². The number of halogens is 1. The summed E-state index contributed by atoms with van der Waals surface area (Å²) in [7, 11) is -3.46. The number of aromatic nitrogens is 2. The first kappa shape index (κ1) is 21.1. The molecule has 1 aliphatic rings. The molecule has 0 unspecified atom stereocenters. The highest BCUT2D eigenvalue weighted by Gasteiger charge is 2.17. The Morgan fingerprint density at radius 3 is 2.84 bits per heavy atom. The number of nitrogens with one attached hydrogen (secondary N) is 2. The Balaban J connectivity index is 1.28. The van der Waals surface area contributed by atoms with Crippen LogP contribution in [0.2, 0.25) is 0 Å². The molecule has 32 heavy (non-hydrogen) atoms. The molecule has 1 saturated heterocycles. The summed E-state index contributed by atoms with van der Waals surface area (Å²) in [6, 6.07) is 10.2. The monoisotopic (exact) mass is 458 g/mol. The molecule has 0 spiro atoms. The summed E-state index contributed by atoms with van der Waals surface area (Å²) in [6.07, 6.45) is 1.82. The fourth-order valence-electron chi connectivity index (χ4n) is 3.87. The number of fused-ring (bicyclic) bond motifs is 2. The van der Waals surface area contributed by atoms with Crippen molar-refractivity contribution in [3.63, 3.8) is 0 Å². The number of sulfonamides is 1. The van der Waals surface area contributed by atoms with E-state index in [1.807, 2.05) is 24.4 Å². The second-order valence-electron chi connectivity index (χ2n) is 7.78. The minimum absolute atomic E-state index is 0.0121. The molecule has 8 nitrogen and oxygen atoms in total. The van der Waals surface area contributed by atoms with Crippen molar-refractivity contribution in [3.05, 3.63) is 54.3 Å². The first-order valence-electron chi connectivity index (χ1n) is 10.4. The van der Waals surface area contributed by atoms with Crippen molar-refractivity contribution in [2.45, 2.75) is 6.54 Å². The number of rotatable bonds is 7. The van der Waals surface area contributed by atoms with Gasteiger partial charge >= 0.3 is 0 Å². The summed E-state index contributed by atoms with van der Waals surface area (Å²) in [4.78, 5) is 9.54. The van der Waals surface area contributed by atoms with Crippen LogP contribution in [0.3, 0.4) is 0 Å². The third-order valence-electron chi connectivity index (χ3n) is 5.61. The van der Waals surface area contributed by atoms with Crippen LogP contribution in [-0.4, -0.2) is 61.9 Å². The van der Waals surface area contributed by atoms with Crippen LogP contribution in [0.4, 0.5) is 4.39 Å². The lowest BCUT2D eigenvalue weighted by atomic mass is 10.0. The highest BCUT2D eigenvalue weighted by Crippen LogP contribution is 2.31. The molecule has 168 valence electrons. The zero-order valence-corrected chi connectivity index (χ0v) is 18.1. The van der Waals surface area contributed by atoms with E-state index in [4.69, 9.17) is 9.15 Å². The zero-order valence-electron chi connectivity index (χ0n) is 17.3. The lowest BCUT2D eigenvalue weighted by Gasteiger charge is -2.26. The van der Waals surface area contributed by atoms with Crippen molar-refractivity contribution in [3.8, 4) is 11.1 Å². The number of oxazole rings is 1. The number of hydrogen-bond acceptors (Lipinski definition) is 6. The maximum atomic E-state index is 13.5. The minimum atomic E-state index is -3.46. The standard InChI is InChI=1S/C22H23FN4O4S/c23-16-2-3-17-18(13-24-20(17)12-16)15-1-4-19-21(11-15)31-22(26-19)14-25-32(28,29)10-7-27-5-8-30-9-6-27/h1-4,11-13,24-25H,5-10,14H2. The largest absolute Gasteiger partial charge is 0.439 e. The SMILES string of the molecule is O=S(=O)(CCN1CCOCC1)NCc1nc2ccc(-c3c[nH]c4cc(F)ccc34)cc2o1. The van der Waals surface area contributed by atoms with Crippen molar-refractivity contribution in [2.75, 3.05) is 38.6 Å². The maximum absolute atomic E-state index is 13.5. The first-order valence-corrected chi connectivity index (χ1v) is 12.1. The van der Waals surface area contributed by atoms with Crippen LogP contribution in [0.25, 0.3) is 33.1 Å². The minimum Gasteiger partial charge on any atom is -0.439 e. The predicted octanol–water partition coefficient (Wildman–Crippen LogP) is 2.87. The molecule has 2 aromatic carbocycles. The fourth-order valence-corrected chi connectivity index (χ4v) is 4.86. The van der Waals surface area contributed by atoms with Gasteiger partial charge in [-0.2, -0.15) is 0 Å². The van der Waals surface area contributed by atoms with Gasteiger partial charge in [0.1, 0.15) is 11.3 Å². The summed E-state index contributed by atoms with van der Waals surface area (Å²) >= 11 is 0. The molecule has 5 rings (SSSR count). The molecule has 10 heteroatoms. The Bertz CT molecular complexity index is 1360. The van der Waals surface area contributed by atoms with Crippen molar-refractivity contribution >= 4 is 32.0 Å². The highest BCUT2D eigenvalue weighted by atomic mass is 32.2. The van der Waals surface area contributed by atoms with Crippen LogP contribution >= 0.6 is 0 Å². The second kappa shape index (κ2) is 8.62. The molecule has 0 atom stereocenters. The van der Waals surface area contributed by atoms with Gasteiger partial charge in [-0.3, -0.25) is 4.90 Å². The van der Waals surface area contributed by atoms with E-state index in [1.165, 1.54) is 12.1 Å². The summed E-state index contributed by atoms with van der Waals surface area (Å²) in [5.74, 6) is 0.0140. The smallest absolute Gasteiger partial charge is 0.213 e. The molecule has 0 saturated carbocycles. The molecule has 3 heterocycles. The van der Waals surface area contributed by atoms with Crippen molar-refractivity contribution < 1.29 is 22.0 Å². The number of aromatic amines is 1. The summed E-state index contributed by atoms with van der Waals surface area (Å²) in [5, 5.41) is 0.901. The van der Waals surface area contributed by atoms with E-state index >= 15 is 0 Å². The van der Waals surface area contributed by atoms with Gasteiger partial charge in [0.25, 0.3) is 0 Å². The Kier molecular flexibility index (Phi) is 5.68. The van der Waals surface area contributed by atoms with E-state index in [0.717, 1.165) is 29.6 Å². The second-order valence-corrected chi connectivity index (χ2v) is 9.70. The van der Waals surface area contributed by atoms with Gasteiger partial charge < -0.3 is 14.1 Å². The van der Waals surface area contributed by atoms with Gasteiger partial charge in [-0.1, -0.05) is 6.07 Å². The average Bonchev–Trinajstić information content (AvgIpc) is 3.40. The van der Waals surface area contributed by atoms with Gasteiger partial charge in [-0.25, -0.2) is 22.5 Å². The van der Waals surface area contributed by atoms with Crippen LogP contribution < -0.4 is 4.72 Å². The number of benzene rings is 2. The number of hydrogen-bond donors (Lipinski definition) is 2. The molecule has 0 bridgehead atoms. The van der Waals surface area contributed by atoms with Gasteiger partial charge in [0, 0.05) is 42.3 Å². The Labute approximate surface area is 184 Å². The van der Waals surface area contributed by atoms with Gasteiger partial charge in [0.15, 0.2) is 5.58 Å². The van der Waals surface area contributed by atoms with E-state index in [2.05, 4.69) is 19.6 Å². The number of nitrogens with zero attached hydrogens (tertiary/aromatic N) is 2. The molecular weight excluding hydrogens is 435 g/mol. The molecule has 0 aliphatic carbocycles. The van der Waals surface area contributed by atoms with E-state index < -0.39 is 10.0 Å². The molecule has 4 aromatic rings. The van der Waals surface area contributed by atoms with Crippen LogP contribution in [0.15, 0.2) is 47.0 Å². The average molecular weight is 459 g/mol. The lowest BCUT2D eigenvalue weighted by molar-refractivity contribution is 0.0408. The number of H-pyrrole nitrogens is 1. The normalized spacial score (nSPS) is 15.7. The Hall–Kier alpha value is -2.79. The third-order valence-corrected chi connectivity index (χ3v) is 6.91. The fraction of sp³-hybridized carbons (Fsp3) is 0.318. The molecule has 0 amide bonds. The van der Waals surface area contributed by atoms with E-state index in [-0.39, 0.29) is 18.1 Å². The summed E-state index contributed by atoms with van der Waals surface area (Å²) < 4.78 is 51.8. The van der Waals surface area contributed by atoms with E-state index in [1.54, 1.807) is 6.07 Å². The number of morpholine rings is 1. The van der Waals surface area contributed by atoms with Crippen molar-refractivity contribution in [1.29, 1.82) is 0 Å². The molecule has 1 fully saturated rings. The molecule has 2 aromatic heterocycles. The lowest BCUT2D eigenvalue weighted by Crippen LogP contribution is -2.40. The third kappa shape index (κ3) is 4.53. The summed E-state index contributed by atoms with van der Waals surface area (Å²) in [6.45, 7) is 3.20. The maximum Gasteiger partial charge on any atom is 0.213 e. The van der Waals surface area contributed by atoms with Gasteiger partial charge in [-0.15, -0.1) is 0 Å².